The van der Waals surface area contributed by atoms with Gasteiger partial charge in [-0.05, 0) is 27.5 Å². The SMILES string of the molecule is O=C(CNC(=O)Cc1cccc2ccccc12)NCC(c1ccccc1)c1ccccc1. The summed E-state index contributed by atoms with van der Waals surface area (Å²) in [7, 11) is 0. The number of fused-ring (bicyclic) bond motifs is 1. The van der Waals surface area contributed by atoms with Crippen molar-refractivity contribution in [3.05, 3.63) is 120 Å². The van der Waals surface area contributed by atoms with Crippen molar-refractivity contribution in [1.29, 1.82) is 0 Å². The van der Waals surface area contributed by atoms with Crippen LogP contribution in [0.15, 0.2) is 103 Å². The Labute approximate surface area is 188 Å². The van der Waals surface area contributed by atoms with Gasteiger partial charge in [-0.3, -0.25) is 9.59 Å². The van der Waals surface area contributed by atoms with Crippen LogP contribution in [0.4, 0.5) is 0 Å². The van der Waals surface area contributed by atoms with E-state index in [2.05, 4.69) is 34.9 Å². The van der Waals surface area contributed by atoms with Gasteiger partial charge in [0.1, 0.15) is 0 Å². The Hall–Kier alpha value is -3.92. The molecule has 160 valence electrons. The normalized spacial score (nSPS) is 10.8. The second kappa shape index (κ2) is 10.4. The van der Waals surface area contributed by atoms with Crippen LogP contribution in [0.2, 0.25) is 0 Å². The fourth-order valence-electron chi connectivity index (χ4n) is 3.94. The molecule has 0 bridgehead atoms. The number of carbonyl (C=O) groups excluding carboxylic acids is 2. The molecule has 0 aliphatic carbocycles. The summed E-state index contributed by atoms with van der Waals surface area (Å²) in [5.74, 6) is -0.319. The molecule has 4 aromatic rings. The first-order chi connectivity index (χ1) is 15.7. The van der Waals surface area contributed by atoms with E-state index in [1.54, 1.807) is 0 Å². The van der Waals surface area contributed by atoms with Crippen LogP contribution in [-0.2, 0) is 16.0 Å². The minimum absolute atomic E-state index is 0.0418. The zero-order chi connectivity index (χ0) is 22.2. The molecule has 4 aromatic carbocycles. The number of benzene rings is 4. The summed E-state index contributed by atoms with van der Waals surface area (Å²) in [5, 5.41) is 7.88. The van der Waals surface area contributed by atoms with Gasteiger partial charge in [0, 0.05) is 12.5 Å². The van der Waals surface area contributed by atoms with Crippen molar-refractivity contribution in [3.63, 3.8) is 0 Å². The predicted octanol–water partition coefficient (Wildman–Crippen LogP) is 4.45. The van der Waals surface area contributed by atoms with Gasteiger partial charge in [-0.15, -0.1) is 0 Å². The fraction of sp³-hybridized carbons (Fsp3) is 0.143. The minimum Gasteiger partial charge on any atom is -0.354 e. The van der Waals surface area contributed by atoms with Crippen LogP contribution < -0.4 is 10.6 Å². The second-order valence-electron chi connectivity index (χ2n) is 7.77. The maximum absolute atomic E-state index is 12.5. The molecular weight excluding hydrogens is 396 g/mol. The maximum atomic E-state index is 12.5. The molecule has 0 spiro atoms. The number of nitrogens with one attached hydrogen (secondary N) is 2. The summed E-state index contributed by atoms with van der Waals surface area (Å²) >= 11 is 0. The van der Waals surface area contributed by atoms with E-state index in [-0.39, 0.29) is 30.7 Å². The lowest BCUT2D eigenvalue weighted by molar-refractivity contribution is -0.125. The third kappa shape index (κ3) is 5.41. The summed E-state index contributed by atoms with van der Waals surface area (Å²) < 4.78 is 0. The minimum atomic E-state index is -0.201. The zero-order valence-electron chi connectivity index (χ0n) is 17.8. The van der Waals surface area contributed by atoms with E-state index in [9.17, 15) is 9.59 Å². The highest BCUT2D eigenvalue weighted by Gasteiger charge is 2.15. The maximum Gasteiger partial charge on any atom is 0.239 e. The molecule has 32 heavy (non-hydrogen) atoms. The zero-order valence-corrected chi connectivity index (χ0v) is 17.8. The van der Waals surface area contributed by atoms with Crippen molar-refractivity contribution < 1.29 is 9.59 Å². The second-order valence-corrected chi connectivity index (χ2v) is 7.77. The van der Waals surface area contributed by atoms with Crippen LogP contribution in [0.5, 0.6) is 0 Å². The first-order valence-electron chi connectivity index (χ1n) is 10.8. The molecule has 0 atom stereocenters. The number of hydrogen-bond donors (Lipinski definition) is 2. The molecule has 0 fully saturated rings. The summed E-state index contributed by atoms with van der Waals surface area (Å²) in [4.78, 5) is 24.9. The highest BCUT2D eigenvalue weighted by atomic mass is 16.2. The monoisotopic (exact) mass is 422 g/mol. The first kappa shape index (κ1) is 21.3. The number of hydrogen-bond acceptors (Lipinski definition) is 2. The van der Waals surface area contributed by atoms with E-state index in [0.29, 0.717) is 6.54 Å². The lowest BCUT2D eigenvalue weighted by Gasteiger charge is -2.19. The van der Waals surface area contributed by atoms with Gasteiger partial charge in [0.25, 0.3) is 0 Å². The van der Waals surface area contributed by atoms with Gasteiger partial charge in [0.05, 0.1) is 13.0 Å². The van der Waals surface area contributed by atoms with E-state index in [1.807, 2.05) is 78.9 Å². The molecule has 2 amide bonds. The van der Waals surface area contributed by atoms with Crippen LogP contribution in [0.3, 0.4) is 0 Å². The molecule has 2 N–H and O–H groups in total. The molecule has 0 saturated carbocycles. The Morgan fingerprint density at radius 2 is 1.22 bits per heavy atom. The third-order valence-electron chi connectivity index (χ3n) is 5.58. The van der Waals surface area contributed by atoms with Crippen LogP contribution in [0.1, 0.15) is 22.6 Å². The average molecular weight is 423 g/mol. The number of carbonyl (C=O) groups is 2. The molecule has 4 nitrogen and oxygen atoms in total. The van der Waals surface area contributed by atoms with E-state index < -0.39 is 0 Å². The molecule has 0 aliphatic heterocycles. The largest absolute Gasteiger partial charge is 0.354 e. The van der Waals surface area contributed by atoms with E-state index in [1.165, 1.54) is 0 Å². The van der Waals surface area contributed by atoms with Crippen LogP contribution in [0.25, 0.3) is 10.8 Å². The summed E-state index contributed by atoms with van der Waals surface area (Å²) in [5.41, 5.74) is 3.23. The van der Waals surface area contributed by atoms with Gasteiger partial charge >= 0.3 is 0 Å². The van der Waals surface area contributed by atoms with Gasteiger partial charge in [-0.25, -0.2) is 0 Å². The van der Waals surface area contributed by atoms with Gasteiger partial charge in [0.2, 0.25) is 11.8 Å². The quantitative estimate of drug-likeness (QED) is 0.441. The predicted molar refractivity (Wildman–Crippen MR) is 128 cm³/mol. The first-order valence-corrected chi connectivity index (χ1v) is 10.8. The third-order valence-corrected chi connectivity index (χ3v) is 5.58. The Kier molecular flexibility index (Phi) is 6.93. The van der Waals surface area contributed by atoms with Crippen molar-refractivity contribution in [3.8, 4) is 0 Å². The van der Waals surface area contributed by atoms with Crippen LogP contribution >= 0.6 is 0 Å². The molecule has 0 heterocycles. The van der Waals surface area contributed by atoms with E-state index >= 15 is 0 Å². The molecule has 0 radical (unpaired) electrons. The van der Waals surface area contributed by atoms with Crippen molar-refractivity contribution in [1.82, 2.24) is 10.6 Å². The van der Waals surface area contributed by atoms with Crippen molar-refractivity contribution in [2.24, 2.45) is 0 Å². The molecule has 4 rings (SSSR count). The summed E-state index contributed by atoms with van der Waals surface area (Å²) in [6, 6.07) is 34.1. The lowest BCUT2D eigenvalue weighted by atomic mass is 9.91. The summed E-state index contributed by atoms with van der Waals surface area (Å²) in [6.45, 7) is 0.423. The van der Waals surface area contributed by atoms with Crippen LogP contribution in [0, 0.1) is 0 Å². The van der Waals surface area contributed by atoms with Gasteiger partial charge in [0.15, 0.2) is 0 Å². The number of amides is 2. The topological polar surface area (TPSA) is 58.2 Å². The molecule has 4 heteroatoms. The van der Waals surface area contributed by atoms with Crippen molar-refractivity contribution in [2.45, 2.75) is 12.3 Å². The van der Waals surface area contributed by atoms with Gasteiger partial charge in [-0.2, -0.15) is 0 Å². The van der Waals surface area contributed by atoms with Gasteiger partial charge < -0.3 is 10.6 Å². The fourth-order valence-corrected chi connectivity index (χ4v) is 3.94. The molecular formula is C28H26N2O2. The molecule has 0 saturated heterocycles. The molecule has 0 aromatic heterocycles. The molecule has 0 aliphatic rings. The number of rotatable bonds is 8. The van der Waals surface area contributed by atoms with Crippen molar-refractivity contribution in [2.75, 3.05) is 13.1 Å². The van der Waals surface area contributed by atoms with Crippen molar-refractivity contribution >= 4 is 22.6 Å². The Bertz CT molecular complexity index is 1140. The van der Waals surface area contributed by atoms with E-state index in [0.717, 1.165) is 27.5 Å². The van der Waals surface area contributed by atoms with Gasteiger partial charge in [-0.1, -0.05) is 103 Å². The Morgan fingerprint density at radius 3 is 1.91 bits per heavy atom. The molecule has 0 unspecified atom stereocenters. The Morgan fingerprint density at radius 1 is 0.625 bits per heavy atom. The summed E-state index contributed by atoms with van der Waals surface area (Å²) in [6.07, 6.45) is 0.241. The average Bonchev–Trinajstić information content (AvgIpc) is 2.84. The van der Waals surface area contributed by atoms with Crippen LogP contribution in [-0.4, -0.2) is 24.9 Å². The highest BCUT2D eigenvalue weighted by Crippen LogP contribution is 2.23. The highest BCUT2D eigenvalue weighted by molar-refractivity contribution is 5.91. The standard InChI is InChI=1S/C28H26N2O2/c31-27(18-24-16-9-15-21-14-7-8-17-25(21)24)30-20-28(32)29-19-26(22-10-3-1-4-11-22)23-12-5-2-6-13-23/h1-17,26H,18-20H2,(H,29,32)(H,30,31). The lowest BCUT2D eigenvalue weighted by Crippen LogP contribution is -2.39. The smallest absolute Gasteiger partial charge is 0.239 e. The Balaban J connectivity index is 1.33. The van der Waals surface area contributed by atoms with E-state index in [4.69, 9.17) is 0 Å².